The summed E-state index contributed by atoms with van der Waals surface area (Å²) in [6, 6.07) is 5.10. The van der Waals surface area contributed by atoms with Crippen molar-refractivity contribution in [2.45, 2.75) is 6.54 Å². The molecule has 4 heteroatoms. The predicted molar refractivity (Wildman–Crippen MR) is 64.2 cm³/mol. The van der Waals surface area contributed by atoms with Crippen molar-refractivity contribution in [2.24, 2.45) is 0 Å². The Morgan fingerprint density at radius 2 is 2.29 bits per heavy atom. The van der Waals surface area contributed by atoms with Crippen molar-refractivity contribution in [1.82, 2.24) is 5.32 Å². The minimum Gasteiger partial charge on any atom is -0.312 e. The van der Waals surface area contributed by atoms with Gasteiger partial charge in [-0.05, 0) is 33.8 Å². The lowest BCUT2D eigenvalue weighted by molar-refractivity contribution is 0.614. The molecule has 0 aromatic heterocycles. The van der Waals surface area contributed by atoms with Crippen LogP contribution in [0.2, 0.25) is 0 Å². The van der Waals surface area contributed by atoms with Crippen LogP contribution in [0, 0.1) is 5.82 Å². The first-order valence-corrected chi connectivity index (χ1v) is 6.57. The van der Waals surface area contributed by atoms with Crippen molar-refractivity contribution in [3.05, 3.63) is 34.1 Å². The average molecular weight is 278 g/mol. The van der Waals surface area contributed by atoms with Gasteiger partial charge in [0.05, 0.1) is 4.47 Å². The summed E-state index contributed by atoms with van der Waals surface area (Å²) in [7, 11) is 0. The fraction of sp³-hybridized carbons (Fsp3) is 0.400. The predicted octanol–water partition coefficient (Wildman–Crippen LogP) is 3.04. The van der Waals surface area contributed by atoms with Gasteiger partial charge in [-0.1, -0.05) is 12.1 Å². The van der Waals surface area contributed by atoms with Gasteiger partial charge in [0.1, 0.15) is 5.82 Å². The summed E-state index contributed by atoms with van der Waals surface area (Å²) < 4.78 is 13.6. The van der Waals surface area contributed by atoms with Crippen molar-refractivity contribution in [3.8, 4) is 0 Å². The fourth-order valence-electron chi connectivity index (χ4n) is 1.08. The molecule has 0 aliphatic rings. The molecule has 0 bridgehead atoms. The Morgan fingerprint density at radius 1 is 1.50 bits per heavy atom. The van der Waals surface area contributed by atoms with E-state index in [1.165, 1.54) is 6.07 Å². The van der Waals surface area contributed by atoms with Crippen molar-refractivity contribution >= 4 is 27.7 Å². The third-order valence-electron chi connectivity index (χ3n) is 1.83. The first kappa shape index (κ1) is 12.0. The molecule has 1 aromatic rings. The van der Waals surface area contributed by atoms with Crippen molar-refractivity contribution < 1.29 is 4.39 Å². The molecule has 0 fully saturated rings. The van der Waals surface area contributed by atoms with Crippen LogP contribution in [0.3, 0.4) is 0 Å². The van der Waals surface area contributed by atoms with E-state index in [-0.39, 0.29) is 5.82 Å². The molecule has 0 aliphatic carbocycles. The molecule has 1 aromatic carbocycles. The Labute approximate surface area is 96.6 Å². The highest BCUT2D eigenvalue weighted by Gasteiger charge is 2.03. The Bertz CT molecular complexity index is 293. The molecule has 0 amide bonds. The maximum absolute atomic E-state index is 13.1. The molecule has 0 atom stereocenters. The SMILES string of the molecule is CSCCNCc1cccc(F)c1Br. The summed E-state index contributed by atoms with van der Waals surface area (Å²) in [5, 5.41) is 3.25. The van der Waals surface area contributed by atoms with Crippen molar-refractivity contribution in [3.63, 3.8) is 0 Å². The first-order valence-electron chi connectivity index (χ1n) is 4.38. The third-order valence-corrected chi connectivity index (χ3v) is 3.33. The van der Waals surface area contributed by atoms with Crippen LogP contribution < -0.4 is 5.32 Å². The highest BCUT2D eigenvalue weighted by atomic mass is 79.9. The van der Waals surface area contributed by atoms with Gasteiger partial charge in [-0.2, -0.15) is 11.8 Å². The van der Waals surface area contributed by atoms with Crippen molar-refractivity contribution in [2.75, 3.05) is 18.6 Å². The lowest BCUT2D eigenvalue weighted by Gasteiger charge is -2.06. The monoisotopic (exact) mass is 277 g/mol. The summed E-state index contributed by atoms with van der Waals surface area (Å²) in [5.74, 6) is 0.876. The Kier molecular flexibility index (Phi) is 5.52. The summed E-state index contributed by atoms with van der Waals surface area (Å²) in [5.41, 5.74) is 0.964. The number of hydrogen-bond acceptors (Lipinski definition) is 2. The van der Waals surface area contributed by atoms with Gasteiger partial charge in [0, 0.05) is 18.8 Å². The number of rotatable bonds is 5. The molecule has 1 rings (SSSR count). The van der Waals surface area contributed by atoms with Gasteiger partial charge in [-0.3, -0.25) is 0 Å². The zero-order valence-electron chi connectivity index (χ0n) is 8.02. The summed E-state index contributed by atoms with van der Waals surface area (Å²) in [6.07, 6.45) is 2.07. The molecule has 0 unspecified atom stereocenters. The lowest BCUT2D eigenvalue weighted by Crippen LogP contribution is -2.16. The number of hydrogen-bond donors (Lipinski definition) is 1. The van der Waals surface area contributed by atoms with Gasteiger partial charge in [-0.15, -0.1) is 0 Å². The largest absolute Gasteiger partial charge is 0.312 e. The Morgan fingerprint density at radius 3 is 3.00 bits per heavy atom. The van der Waals surface area contributed by atoms with Crippen molar-refractivity contribution in [1.29, 1.82) is 0 Å². The van der Waals surface area contributed by atoms with Crippen LogP contribution in [0.5, 0.6) is 0 Å². The topological polar surface area (TPSA) is 12.0 Å². The normalized spacial score (nSPS) is 10.5. The zero-order chi connectivity index (χ0) is 10.4. The molecule has 78 valence electrons. The summed E-state index contributed by atoms with van der Waals surface area (Å²) >= 11 is 5.02. The maximum atomic E-state index is 13.1. The molecule has 0 spiro atoms. The van der Waals surface area contributed by atoms with E-state index < -0.39 is 0 Å². The molecular weight excluding hydrogens is 265 g/mol. The van der Waals surface area contributed by atoms with E-state index in [0.29, 0.717) is 11.0 Å². The molecule has 0 radical (unpaired) electrons. The second-order valence-corrected chi connectivity index (χ2v) is 4.66. The van der Waals surface area contributed by atoms with E-state index in [0.717, 1.165) is 17.9 Å². The number of nitrogens with one attached hydrogen (secondary N) is 1. The average Bonchev–Trinajstić information content (AvgIpc) is 2.19. The van der Waals surface area contributed by atoms with Crippen LogP contribution >= 0.6 is 27.7 Å². The molecule has 0 heterocycles. The second kappa shape index (κ2) is 6.43. The second-order valence-electron chi connectivity index (χ2n) is 2.88. The third kappa shape index (κ3) is 3.59. The summed E-state index contributed by atoms with van der Waals surface area (Å²) in [4.78, 5) is 0. The molecule has 0 aliphatic heterocycles. The Balaban J connectivity index is 2.46. The molecule has 1 nitrogen and oxygen atoms in total. The van der Waals surface area contributed by atoms with Crippen LogP contribution in [0.4, 0.5) is 4.39 Å². The number of halogens is 2. The molecule has 0 saturated carbocycles. The molecule has 0 saturated heterocycles. The lowest BCUT2D eigenvalue weighted by atomic mass is 10.2. The fourth-order valence-corrected chi connectivity index (χ4v) is 1.84. The van der Waals surface area contributed by atoms with Crippen LogP contribution in [-0.4, -0.2) is 18.6 Å². The Hall–Kier alpha value is -0.0600. The van der Waals surface area contributed by atoms with Crippen LogP contribution in [0.1, 0.15) is 5.56 Å². The first-order chi connectivity index (χ1) is 6.75. The van der Waals surface area contributed by atoms with Gasteiger partial charge in [0.25, 0.3) is 0 Å². The van der Waals surface area contributed by atoms with Gasteiger partial charge >= 0.3 is 0 Å². The van der Waals surface area contributed by atoms with Crippen LogP contribution in [0.15, 0.2) is 22.7 Å². The highest BCUT2D eigenvalue weighted by molar-refractivity contribution is 9.10. The van der Waals surface area contributed by atoms with Crippen LogP contribution in [-0.2, 0) is 6.54 Å². The van der Waals surface area contributed by atoms with Gasteiger partial charge < -0.3 is 5.32 Å². The minimum absolute atomic E-state index is 0.200. The minimum atomic E-state index is -0.200. The standard InChI is InChI=1S/C10H13BrFNS/c1-14-6-5-13-7-8-3-2-4-9(12)10(8)11/h2-4,13H,5-7H2,1H3. The van der Waals surface area contributed by atoms with Gasteiger partial charge in [0.2, 0.25) is 0 Å². The summed E-state index contributed by atoms with van der Waals surface area (Å²) in [6.45, 7) is 1.66. The molecule has 1 N–H and O–H groups in total. The van der Waals surface area contributed by atoms with Gasteiger partial charge in [-0.25, -0.2) is 4.39 Å². The van der Waals surface area contributed by atoms with Crippen LogP contribution in [0.25, 0.3) is 0 Å². The number of benzene rings is 1. The smallest absolute Gasteiger partial charge is 0.137 e. The van der Waals surface area contributed by atoms with E-state index in [1.807, 2.05) is 6.07 Å². The number of thioether (sulfide) groups is 1. The van der Waals surface area contributed by atoms with E-state index in [2.05, 4.69) is 27.5 Å². The zero-order valence-corrected chi connectivity index (χ0v) is 10.4. The van der Waals surface area contributed by atoms with Gasteiger partial charge in [0.15, 0.2) is 0 Å². The van der Waals surface area contributed by atoms with E-state index >= 15 is 0 Å². The quantitative estimate of drug-likeness (QED) is 0.831. The van der Waals surface area contributed by atoms with E-state index in [1.54, 1.807) is 17.8 Å². The highest BCUT2D eigenvalue weighted by Crippen LogP contribution is 2.19. The van der Waals surface area contributed by atoms with E-state index in [4.69, 9.17) is 0 Å². The van der Waals surface area contributed by atoms with E-state index in [9.17, 15) is 4.39 Å². The maximum Gasteiger partial charge on any atom is 0.137 e. The molecular formula is C10H13BrFNS. The molecule has 14 heavy (non-hydrogen) atoms.